The SMILES string of the molecule is Cc1c(=O)n(Cc2ccc(C#N)cc2)c(=O)n2cc(C(=O)O)sc12. The number of carboxylic acid groups (broad SMARTS) is 1. The van der Waals surface area contributed by atoms with Gasteiger partial charge in [-0.1, -0.05) is 12.1 Å². The van der Waals surface area contributed by atoms with Gasteiger partial charge in [0.25, 0.3) is 5.56 Å². The number of carbonyl (C=O) groups is 1. The normalized spacial score (nSPS) is 10.7. The van der Waals surface area contributed by atoms with E-state index in [-0.39, 0.29) is 11.4 Å². The summed E-state index contributed by atoms with van der Waals surface area (Å²) in [5, 5.41) is 17.9. The van der Waals surface area contributed by atoms with Crippen molar-refractivity contribution in [3.63, 3.8) is 0 Å². The Morgan fingerprint density at radius 3 is 2.54 bits per heavy atom. The van der Waals surface area contributed by atoms with Crippen LogP contribution < -0.4 is 11.2 Å². The van der Waals surface area contributed by atoms with Gasteiger partial charge < -0.3 is 5.11 Å². The molecule has 0 saturated heterocycles. The van der Waals surface area contributed by atoms with Crippen molar-refractivity contribution in [2.75, 3.05) is 0 Å². The third-order valence-electron chi connectivity index (χ3n) is 3.63. The molecule has 1 N–H and O–H groups in total. The summed E-state index contributed by atoms with van der Waals surface area (Å²) < 4.78 is 2.25. The molecule has 7 nitrogen and oxygen atoms in total. The van der Waals surface area contributed by atoms with Crippen LogP contribution in [0.2, 0.25) is 0 Å². The highest BCUT2D eigenvalue weighted by molar-refractivity contribution is 7.19. The molecule has 0 amide bonds. The first kappa shape index (κ1) is 15.7. The van der Waals surface area contributed by atoms with E-state index >= 15 is 0 Å². The Bertz CT molecular complexity index is 1110. The average molecular weight is 341 g/mol. The molecule has 3 rings (SSSR count). The van der Waals surface area contributed by atoms with E-state index in [1.807, 2.05) is 6.07 Å². The zero-order valence-electron chi connectivity index (χ0n) is 12.5. The summed E-state index contributed by atoms with van der Waals surface area (Å²) in [6, 6.07) is 8.56. The molecule has 0 aliphatic heterocycles. The number of aromatic nitrogens is 2. The molecule has 0 radical (unpaired) electrons. The van der Waals surface area contributed by atoms with Gasteiger partial charge in [-0.05, 0) is 24.6 Å². The smallest absolute Gasteiger partial charge is 0.347 e. The Morgan fingerprint density at radius 2 is 1.96 bits per heavy atom. The first-order valence-electron chi connectivity index (χ1n) is 6.90. The number of benzene rings is 1. The lowest BCUT2D eigenvalue weighted by atomic mass is 10.1. The fourth-order valence-corrected chi connectivity index (χ4v) is 3.29. The van der Waals surface area contributed by atoms with E-state index in [1.165, 1.54) is 10.6 Å². The van der Waals surface area contributed by atoms with E-state index in [2.05, 4.69) is 0 Å². The van der Waals surface area contributed by atoms with Crippen molar-refractivity contribution < 1.29 is 9.90 Å². The second kappa shape index (κ2) is 5.79. The number of nitriles is 1. The van der Waals surface area contributed by atoms with Crippen molar-refractivity contribution in [3.8, 4) is 6.07 Å². The molecule has 1 aromatic carbocycles. The highest BCUT2D eigenvalue weighted by Crippen LogP contribution is 2.18. The number of hydrogen-bond donors (Lipinski definition) is 1. The Kier molecular flexibility index (Phi) is 3.79. The van der Waals surface area contributed by atoms with Gasteiger partial charge in [-0.3, -0.25) is 13.8 Å². The largest absolute Gasteiger partial charge is 0.477 e. The zero-order valence-corrected chi connectivity index (χ0v) is 13.3. The minimum absolute atomic E-state index is 0.00859. The molecule has 8 heteroatoms. The van der Waals surface area contributed by atoms with Crippen LogP contribution in [0.15, 0.2) is 40.1 Å². The van der Waals surface area contributed by atoms with Crippen LogP contribution in [0.1, 0.15) is 26.4 Å². The first-order valence-corrected chi connectivity index (χ1v) is 7.72. The number of aryl methyl sites for hydroxylation is 1. The van der Waals surface area contributed by atoms with Gasteiger partial charge in [0.05, 0.1) is 18.2 Å². The fraction of sp³-hybridized carbons (Fsp3) is 0.125. The summed E-state index contributed by atoms with van der Waals surface area (Å²) in [4.78, 5) is 36.4. The van der Waals surface area contributed by atoms with Crippen molar-refractivity contribution in [3.05, 3.63) is 72.9 Å². The molecular formula is C16H11N3O4S. The third-order valence-corrected chi connectivity index (χ3v) is 4.83. The topological polar surface area (TPSA) is 105 Å². The van der Waals surface area contributed by atoms with Gasteiger partial charge in [0.15, 0.2) is 0 Å². The Hall–Kier alpha value is -3.18. The van der Waals surface area contributed by atoms with Crippen molar-refractivity contribution >= 4 is 22.1 Å². The van der Waals surface area contributed by atoms with Crippen molar-refractivity contribution in [1.82, 2.24) is 8.97 Å². The molecule has 0 spiro atoms. The molecule has 3 aromatic rings. The van der Waals surface area contributed by atoms with Gasteiger partial charge in [-0.15, -0.1) is 11.3 Å². The molecule has 0 unspecified atom stereocenters. The van der Waals surface area contributed by atoms with Crippen LogP contribution in [-0.4, -0.2) is 20.0 Å². The zero-order chi connectivity index (χ0) is 17.4. The van der Waals surface area contributed by atoms with Crippen LogP contribution in [0.5, 0.6) is 0 Å². The van der Waals surface area contributed by atoms with E-state index in [0.29, 0.717) is 21.5 Å². The van der Waals surface area contributed by atoms with Crippen LogP contribution in [0.3, 0.4) is 0 Å². The predicted octanol–water partition coefficient (Wildman–Crippen LogP) is 1.45. The lowest BCUT2D eigenvalue weighted by Gasteiger charge is -2.07. The molecule has 0 bridgehead atoms. The molecular weight excluding hydrogens is 330 g/mol. The van der Waals surface area contributed by atoms with Gasteiger partial charge in [0, 0.05) is 11.8 Å². The summed E-state index contributed by atoms with van der Waals surface area (Å²) in [5.74, 6) is -1.14. The molecule has 24 heavy (non-hydrogen) atoms. The lowest BCUT2D eigenvalue weighted by molar-refractivity contribution is 0.0701. The molecule has 0 fully saturated rings. The number of aromatic carboxylic acids is 1. The summed E-state index contributed by atoms with van der Waals surface area (Å²) in [7, 11) is 0. The third kappa shape index (κ3) is 2.51. The van der Waals surface area contributed by atoms with Crippen LogP contribution in [0, 0.1) is 18.3 Å². The summed E-state index contributed by atoms with van der Waals surface area (Å²) >= 11 is 0.894. The van der Waals surface area contributed by atoms with Gasteiger partial charge in [-0.2, -0.15) is 5.26 Å². The quantitative estimate of drug-likeness (QED) is 0.776. The van der Waals surface area contributed by atoms with Gasteiger partial charge >= 0.3 is 11.7 Å². The molecule has 2 heterocycles. The number of thiazole rings is 1. The number of hydrogen-bond acceptors (Lipinski definition) is 5. The minimum atomic E-state index is -1.14. The van der Waals surface area contributed by atoms with E-state index in [9.17, 15) is 14.4 Å². The Balaban J connectivity index is 2.17. The van der Waals surface area contributed by atoms with E-state index in [0.717, 1.165) is 15.9 Å². The van der Waals surface area contributed by atoms with E-state index < -0.39 is 17.2 Å². The highest BCUT2D eigenvalue weighted by Gasteiger charge is 2.17. The van der Waals surface area contributed by atoms with Crippen molar-refractivity contribution in [1.29, 1.82) is 5.26 Å². The molecule has 0 aliphatic rings. The standard InChI is InChI=1S/C16H11N3O4S/c1-9-13(20)18(7-11-4-2-10(6-17)3-5-11)16(23)19-8-12(15(21)22)24-14(9)19/h2-5,8H,7H2,1H3,(H,21,22). The molecule has 0 atom stereocenters. The maximum absolute atomic E-state index is 12.6. The van der Waals surface area contributed by atoms with Crippen molar-refractivity contribution in [2.24, 2.45) is 0 Å². The molecule has 0 aliphatic carbocycles. The second-order valence-corrected chi connectivity index (χ2v) is 6.21. The highest BCUT2D eigenvalue weighted by atomic mass is 32.1. The van der Waals surface area contributed by atoms with Crippen LogP contribution in [0.25, 0.3) is 4.83 Å². The number of carboxylic acids is 1. The first-order chi connectivity index (χ1) is 11.4. The van der Waals surface area contributed by atoms with Gasteiger partial charge in [0.1, 0.15) is 9.71 Å². The number of rotatable bonds is 3. The molecule has 2 aromatic heterocycles. The average Bonchev–Trinajstić information content (AvgIpc) is 3.03. The van der Waals surface area contributed by atoms with Crippen LogP contribution in [-0.2, 0) is 6.54 Å². The molecule has 0 saturated carbocycles. The summed E-state index contributed by atoms with van der Waals surface area (Å²) in [5.41, 5.74) is 0.456. The predicted molar refractivity (Wildman–Crippen MR) is 87.8 cm³/mol. The van der Waals surface area contributed by atoms with E-state index in [1.54, 1.807) is 31.2 Å². The molecule has 120 valence electrons. The summed E-state index contributed by atoms with van der Waals surface area (Å²) in [6.45, 7) is 1.61. The van der Waals surface area contributed by atoms with E-state index in [4.69, 9.17) is 10.4 Å². The lowest BCUT2D eigenvalue weighted by Crippen LogP contribution is -2.38. The van der Waals surface area contributed by atoms with Crippen LogP contribution >= 0.6 is 11.3 Å². The fourth-order valence-electron chi connectivity index (χ4n) is 2.37. The Morgan fingerprint density at radius 1 is 1.29 bits per heavy atom. The maximum Gasteiger partial charge on any atom is 0.347 e. The van der Waals surface area contributed by atoms with Crippen molar-refractivity contribution in [2.45, 2.75) is 13.5 Å². The monoisotopic (exact) mass is 341 g/mol. The van der Waals surface area contributed by atoms with Crippen LogP contribution in [0.4, 0.5) is 0 Å². The summed E-state index contributed by atoms with van der Waals surface area (Å²) in [6.07, 6.45) is 1.23. The maximum atomic E-state index is 12.6. The second-order valence-electron chi connectivity index (χ2n) is 5.18. The number of fused-ring (bicyclic) bond motifs is 1. The number of nitrogens with zero attached hydrogens (tertiary/aromatic N) is 3. The minimum Gasteiger partial charge on any atom is -0.477 e. The van der Waals surface area contributed by atoms with Gasteiger partial charge in [0.2, 0.25) is 0 Å². The Labute approximate surface area is 139 Å². The van der Waals surface area contributed by atoms with Gasteiger partial charge in [-0.25, -0.2) is 9.59 Å².